The zero-order valence-electron chi connectivity index (χ0n) is 8.30. The van der Waals surface area contributed by atoms with Crippen LogP contribution in [0.1, 0.15) is 36.6 Å². The first-order valence-corrected chi connectivity index (χ1v) is 6.61. The van der Waals surface area contributed by atoms with Crippen LogP contribution in [-0.4, -0.2) is 15.5 Å². The van der Waals surface area contributed by atoms with Gasteiger partial charge < -0.3 is 0 Å². The first-order valence-electron chi connectivity index (χ1n) is 5.04. The summed E-state index contributed by atoms with van der Waals surface area (Å²) >= 11 is 4.14. The van der Waals surface area contributed by atoms with Crippen molar-refractivity contribution >= 4 is 27.5 Å². The van der Waals surface area contributed by atoms with E-state index in [1.807, 2.05) is 0 Å². The third kappa shape index (κ3) is 2.56. The first kappa shape index (κ1) is 12.3. The van der Waals surface area contributed by atoms with Gasteiger partial charge in [-0.15, -0.1) is 0 Å². The smallest absolute Gasteiger partial charge is 0.214 e. The number of alkyl halides is 3. The highest BCUT2D eigenvalue weighted by atomic mass is 79.9. The molecule has 0 radical (unpaired) electrons. The number of nitrogens with zero attached hydrogens (tertiary/aromatic N) is 2. The van der Waals surface area contributed by atoms with Crippen LogP contribution in [0.25, 0.3) is 0 Å². The Kier molecular flexibility index (Phi) is 3.53. The minimum absolute atomic E-state index is 0.214. The molecular formula is C9H10BrF3N2S. The predicted molar refractivity (Wildman–Crippen MR) is 58.4 cm³/mol. The van der Waals surface area contributed by atoms with Gasteiger partial charge in [-0.3, -0.25) is 0 Å². The molecule has 0 spiro atoms. The van der Waals surface area contributed by atoms with Crippen molar-refractivity contribution in [2.24, 2.45) is 5.92 Å². The van der Waals surface area contributed by atoms with Crippen molar-refractivity contribution in [1.82, 2.24) is 9.36 Å². The fourth-order valence-electron chi connectivity index (χ4n) is 2.19. The number of halogens is 4. The van der Waals surface area contributed by atoms with Gasteiger partial charge in [-0.05, 0) is 40.3 Å². The summed E-state index contributed by atoms with van der Waals surface area (Å²) in [6.07, 6.45) is -1.85. The van der Waals surface area contributed by atoms with E-state index in [1.54, 1.807) is 0 Å². The van der Waals surface area contributed by atoms with Gasteiger partial charge in [0, 0.05) is 5.92 Å². The van der Waals surface area contributed by atoms with Gasteiger partial charge in [-0.1, -0.05) is 12.8 Å². The zero-order valence-corrected chi connectivity index (χ0v) is 10.7. The predicted octanol–water partition coefficient (Wildman–Crippen LogP) is 4.14. The number of rotatable bonds is 1. The maximum Gasteiger partial charge on any atom is 0.392 e. The Morgan fingerprint density at radius 3 is 2.50 bits per heavy atom. The van der Waals surface area contributed by atoms with Crippen molar-refractivity contribution in [3.63, 3.8) is 0 Å². The monoisotopic (exact) mass is 314 g/mol. The molecule has 1 saturated carbocycles. The Morgan fingerprint density at radius 1 is 1.25 bits per heavy atom. The minimum atomic E-state index is -4.12. The summed E-state index contributed by atoms with van der Waals surface area (Å²) in [5, 5.41) is 0.508. The van der Waals surface area contributed by atoms with Crippen molar-refractivity contribution in [3.05, 3.63) is 9.74 Å². The average Bonchev–Trinajstić information content (AvgIpc) is 2.64. The molecule has 2 atom stereocenters. The van der Waals surface area contributed by atoms with E-state index in [0.717, 1.165) is 18.0 Å². The van der Waals surface area contributed by atoms with Gasteiger partial charge in [0.1, 0.15) is 5.01 Å². The summed E-state index contributed by atoms with van der Waals surface area (Å²) in [6, 6.07) is 0. The fourth-order valence-corrected chi connectivity index (χ4v) is 3.47. The Hall–Kier alpha value is -0.170. The third-order valence-electron chi connectivity index (χ3n) is 2.92. The lowest BCUT2D eigenvalue weighted by Gasteiger charge is -2.31. The lowest BCUT2D eigenvalue weighted by molar-refractivity contribution is -0.187. The molecule has 1 aromatic heterocycles. The van der Waals surface area contributed by atoms with E-state index in [0.29, 0.717) is 22.6 Å². The van der Waals surface area contributed by atoms with Crippen molar-refractivity contribution < 1.29 is 13.2 Å². The Morgan fingerprint density at radius 2 is 1.94 bits per heavy atom. The molecule has 0 saturated heterocycles. The van der Waals surface area contributed by atoms with Crippen molar-refractivity contribution in [2.45, 2.75) is 37.8 Å². The van der Waals surface area contributed by atoms with E-state index in [9.17, 15) is 13.2 Å². The van der Waals surface area contributed by atoms with Gasteiger partial charge in [0.15, 0.2) is 0 Å². The van der Waals surface area contributed by atoms with Gasteiger partial charge in [0.2, 0.25) is 4.73 Å². The minimum Gasteiger partial charge on any atom is -0.214 e. The van der Waals surface area contributed by atoms with Crippen LogP contribution in [0.4, 0.5) is 13.2 Å². The van der Waals surface area contributed by atoms with E-state index < -0.39 is 18.0 Å². The molecule has 0 N–H and O–H groups in total. The Bertz CT molecular complexity index is 366. The molecule has 0 aliphatic heterocycles. The summed E-state index contributed by atoms with van der Waals surface area (Å²) < 4.78 is 42.8. The Balaban J connectivity index is 2.23. The highest BCUT2D eigenvalue weighted by Gasteiger charge is 2.46. The molecule has 1 heterocycles. The van der Waals surface area contributed by atoms with E-state index in [2.05, 4.69) is 25.3 Å². The summed E-state index contributed by atoms with van der Waals surface area (Å²) in [5.74, 6) is -1.75. The summed E-state index contributed by atoms with van der Waals surface area (Å²) in [7, 11) is 0. The van der Waals surface area contributed by atoms with Crippen LogP contribution in [0, 0.1) is 5.92 Å². The lowest BCUT2D eigenvalue weighted by atomic mass is 9.79. The summed E-state index contributed by atoms with van der Waals surface area (Å²) in [4.78, 5) is 4.02. The molecule has 0 amide bonds. The molecule has 1 aliphatic rings. The zero-order chi connectivity index (χ0) is 11.8. The van der Waals surface area contributed by atoms with Crippen molar-refractivity contribution in [3.8, 4) is 0 Å². The molecule has 90 valence electrons. The number of aromatic nitrogens is 2. The van der Waals surface area contributed by atoms with Crippen LogP contribution in [0.2, 0.25) is 0 Å². The van der Waals surface area contributed by atoms with Crippen LogP contribution in [0.15, 0.2) is 4.73 Å². The molecule has 16 heavy (non-hydrogen) atoms. The van der Waals surface area contributed by atoms with Crippen LogP contribution < -0.4 is 0 Å². The molecule has 2 rings (SSSR count). The van der Waals surface area contributed by atoms with E-state index in [1.165, 1.54) is 0 Å². The molecule has 1 aromatic rings. The SMILES string of the molecule is FC(F)(F)C1CCCCC1c1nc(Br)ns1. The van der Waals surface area contributed by atoms with Gasteiger partial charge in [0.25, 0.3) is 0 Å². The largest absolute Gasteiger partial charge is 0.392 e. The molecule has 1 fully saturated rings. The van der Waals surface area contributed by atoms with Gasteiger partial charge in [0.05, 0.1) is 5.92 Å². The molecule has 0 bridgehead atoms. The molecular weight excluding hydrogens is 305 g/mol. The van der Waals surface area contributed by atoms with Crippen molar-refractivity contribution in [1.29, 1.82) is 0 Å². The van der Waals surface area contributed by atoms with Crippen LogP contribution in [0.3, 0.4) is 0 Å². The molecule has 2 nitrogen and oxygen atoms in total. The molecule has 7 heteroatoms. The van der Waals surface area contributed by atoms with Crippen LogP contribution >= 0.6 is 27.5 Å². The second-order valence-electron chi connectivity index (χ2n) is 3.94. The fraction of sp³-hybridized carbons (Fsp3) is 0.778. The van der Waals surface area contributed by atoms with Gasteiger partial charge in [-0.25, -0.2) is 4.98 Å². The highest BCUT2D eigenvalue weighted by Crippen LogP contribution is 2.46. The first-order chi connectivity index (χ1) is 7.48. The Labute approximate surface area is 104 Å². The topological polar surface area (TPSA) is 25.8 Å². The molecule has 0 aromatic carbocycles. The van der Waals surface area contributed by atoms with E-state index >= 15 is 0 Å². The standard InChI is InChI=1S/C9H10BrF3N2S/c10-8-14-7(16-15-8)5-3-1-2-4-6(5)9(11,12)13/h5-6H,1-4H2. The van der Waals surface area contributed by atoms with Gasteiger partial charge >= 0.3 is 6.18 Å². The second-order valence-corrected chi connectivity index (χ2v) is 5.43. The maximum atomic E-state index is 12.8. The quantitative estimate of drug-likeness (QED) is 0.778. The third-order valence-corrected chi connectivity index (χ3v) is 4.36. The maximum absolute atomic E-state index is 12.8. The molecule has 1 aliphatic carbocycles. The summed E-state index contributed by atoms with van der Waals surface area (Å²) in [5.41, 5.74) is 0. The molecule has 2 unspecified atom stereocenters. The van der Waals surface area contributed by atoms with E-state index in [4.69, 9.17) is 0 Å². The average molecular weight is 315 g/mol. The normalized spacial score (nSPS) is 27.0. The lowest BCUT2D eigenvalue weighted by Crippen LogP contribution is -2.31. The number of hydrogen-bond acceptors (Lipinski definition) is 3. The summed E-state index contributed by atoms with van der Waals surface area (Å²) in [6.45, 7) is 0. The second kappa shape index (κ2) is 4.60. The van der Waals surface area contributed by atoms with Gasteiger partial charge in [-0.2, -0.15) is 17.5 Å². The van der Waals surface area contributed by atoms with Crippen molar-refractivity contribution in [2.75, 3.05) is 0 Å². The number of hydrogen-bond donors (Lipinski definition) is 0. The van der Waals surface area contributed by atoms with Crippen LogP contribution in [-0.2, 0) is 0 Å². The van der Waals surface area contributed by atoms with E-state index in [-0.39, 0.29) is 6.42 Å². The highest BCUT2D eigenvalue weighted by molar-refractivity contribution is 9.10. The van der Waals surface area contributed by atoms with Crippen LogP contribution in [0.5, 0.6) is 0 Å².